The van der Waals surface area contributed by atoms with Crippen LogP contribution in [0.15, 0.2) is 64.6 Å². The van der Waals surface area contributed by atoms with E-state index in [0.717, 1.165) is 5.56 Å². The van der Waals surface area contributed by atoms with E-state index < -0.39 is 11.9 Å². The van der Waals surface area contributed by atoms with E-state index in [9.17, 15) is 14.4 Å². The number of benzene rings is 1. The number of hydrogen-bond acceptors (Lipinski definition) is 5. The van der Waals surface area contributed by atoms with Gasteiger partial charge in [-0.1, -0.05) is 32.0 Å². The van der Waals surface area contributed by atoms with Crippen molar-refractivity contribution in [1.82, 2.24) is 4.90 Å². The molecule has 0 radical (unpaired) electrons. The Kier molecular flexibility index (Phi) is 5.55. The Balaban J connectivity index is 1.63. The fourth-order valence-electron chi connectivity index (χ4n) is 3.57. The molecule has 2 aromatic heterocycles. The number of nitrogens with zero attached hydrogens (tertiary/aromatic N) is 2. The summed E-state index contributed by atoms with van der Waals surface area (Å²) in [6.07, 6.45) is 1.47. The number of rotatable bonds is 6. The molecule has 6 nitrogen and oxygen atoms in total. The van der Waals surface area contributed by atoms with Gasteiger partial charge in [-0.15, -0.1) is 11.3 Å². The van der Waals surface area contributed by atoms with Crippen LogP contribution in [0.25, 0.3) is 0 Å². The first kappa shape index (κ1) is 20.1. The van der Waals surface area contributed by atoms with E-state index in [1.165, 1.54) is 27.4 Å². The molecule has 154 valence electrons. The third-order valence-electron chi connectivity index (χ3n) is 5.22. The van der Waals surface area contributed by atoms with Crippen molar-refractivity contribution in [3.8, 4) is 0 Å². The zero-order chi connectivity index (χ0) is 21.3. The molecule has 3 aromatic rings. The van der Waals surface area contributed by atoms with Crippen molar-refractivity contribution in [3.63, 3.8) is 0 Å². The minimum Gasteiger partial charge on any atom is -0.467 e. The van der Waals surface area contributed by atoms with Gasteiger partial charge in [0.15, 0.2) is 0 Å². The number of carbonyl (C=O) groups excluding carboxylic acids is 3. The maximum atomic E-state index is 13.3. The topological polar surface area (TPSA) is 70.8 Å². The smallest absolute Gasteiger partial charge is 0.265 e. The Morgan fingerprint density at radius 3 is 2.53 bits per heavy atom. The number of carbonyl (C=O) groups is 3. The van der Waals surface area contributed by atoms with Crippen molar-refractivity contribution < 1.29 is 18.8 Å². The largest absolute Gasteiger partial charge is 0.467 e. The summed E-state index contributed by atoms with van der Waals surface area (Å²) in [4.78, 5) is 42.3. The average molecular weight is 423 g/mol. The molecule has 1 atom stereocenters. The molecule has 1 aromatic carbocycles. The van der Waals surface area contributed by atoms with Crippen LogP contribution in [0.5, 0.6) is 0 Å². The molecule has 0 bridgehead atoms. The van der Waals surface area contributed by atoms with Gasteiger partial charge in [0, 0.05) is 0 Å². The van der Waals surface area contributed by atoms with Gasteiger partial charge in [-0.25, -0.2) is 4.90 Å². The van der Waals surface area contributed by atoms with E-state index in [0.29, 0.717) is 22.2 Å². The summed E-state index contributed by atoms with van der Waals surface area (Å²) in [6.45, 7) is 4.29. The average Bonchev–Trinajstić information content (AvgIpc) is 3.48. The zero-order valence-electron chi connectivity index (χ0n) is 16.8. The second-order valence-corrected chi connectivity index (χ2v) is 8.47. The van der Waals surface area contributed by atoms with E-state index >= 15 is 0 Å². The van der Waals surface area contributed by atoms with Crippen LogP contribution in [0.3, 0.4) is 0 Å². The third kappa shape index (κ3) is 3.80. The standard InChI is InChI=1S/C23H22N2O4S/c1-15(2)16-7-9-17(10-8-16)25-21(26)13-19(22(25)27)24(14-18-5-3-11-29-18)23(28)20-6-4-12-30-20/h3-12,15,19H,13-14H2,1-2H3. The summed E-state index contributed by atoms with van der Waals surface area (Å²) in [5, 5.41) is 1.81. The van der Waals surface area contributed by atoms with Crippen molar-refractivity contribution in [2.45, 2.75) is 38.8 Å². The fourth-order valence-corrected chi connectivity index (χ4v) is 4.25. The van der Waals surface area contributed by atoms with Crippen molar-refractivity contribution in [2.24, 2.45) is 0 Å². The van der Waals surface area contributed by atoms with Crippen LogP contribution < -0.4 is 4.90 Å². The number of amides is 3. The number of furan rings is 1. The van der Waals surface area contributed by atoms with Gasteiger partial charge in [0.05, 0.1) is 29.8 Å². The van der Waals surface area contributed by atoms with Gasteiger partial charge < -0.3 is 9.32 Å². The molecular formula is C23H22N2O4S. The van der Waals surface area contributed by atoms with Crippen molar-refractivity contribution >= 4 is 34.7 Å². The quantitative estimate of drug-likeness (QED) is 0.551. The first-order chi connectivity index (χ1) is 14.5. The molecule has 1 unspecified atom stereocenters. The van der Waals surface area contributed by atoms with E-state index in [4.69, 9.17) is 4.42 Å². The molecule has 0 N–H and O–H groups in total. The lowest BCUT2D eigenvalue weighted by Crippen LogP contribution is -2.44. The lowest BCUT2D eigenvalue weighted by molar-refractivity contribution is -0.122. The first-order valence-electron chi connectivity index (χ1n) is 9.79. The third-order valence-corrected chi connectivity index (χ3v) is 6.07. The highest BCUT2D eigenvalue weighted by atomic mass is 32.1. The normalized spacial score (nSPS) is 16.5. The summed E-state index contributed by atoms with van der Waals surface area (Å²) in [6, 6.07) is 13.5. The predicted molar refractivity (Wildman–Crippen MR) is 114 cm³/mol. The van der Waals surface area contributed by atoms with Crippen LogP contribution in [0.2, 0.25) is 0 Å². The van der Waals surface area contributed by atoms with Crippen LogP contribution in [0.4, 0.5) is 5.69 Å². The van der Waals surface area contributed by atoms with Gasteiger partial charge in [-0.05, 0) is 47.2 Å². The van der Waals surface area contributed by atoms with Crippen LogP contribution in [-0.2, 0) is 16.1 Å². The van der Waals surface area contributed by atoms with Gasteiger partial charge in [0.1, 0.15) is 11.8 Å². The molecule has 30 heavy (non-hydrogen) atoms. The van der Waals surface area contributed by atoms with Gasteiger partial charge in [0.25, 0.3) is 11.8 Å². The second kappa shape index (κ2) is 8.28. The van der Waals surface area contributed by atoms with Gasteiger partial charge in [-0.3, -0.25) is 14.4 Å². The zero-order valence-corrected chi connectivity index (χ0v) is 17.6. The Bertz CT molecular complexity index is 1040. The molecule has 0 spiro atoms. The van der Waals surface area contributed by atoms with Gasteiger partial charge in [-0.2, -0.15) is 0 Å². The molecule has 3 heterocycles. The number of imide groups is 1. The lowest BCUT2D eigenvalue weighted by Gasteiger charge is -2.26. The Morgan fingerprint density at radius 2 is 1.93 bits per heavy atom. The predicted octanol–water partition coefficient (Wildman–Crippen LogP) is 4.44. The monoisotopic (exact) mass is 422 g/mol. The Morgan fingerprint density at radius 1 is 1.17 bits per heavy atom. The highest BCUT2D eigenvalue weighted by molar-refractivity contribution is 7.12. The fraction of sp³-hybridized carbons (Fsp3) is 0.261. The van der Waals surface area contributed by atoms with Crippen molar-refractivity contribution in [1.29, 1.82) is 0 Å². The maximum absolute atomic E-state index is 13.3. The second-order valence-electron chi connectivity index (χ2n) is 7.52. The van der Waals surface area contributed by atoms with Crippen LogP contribution in [-0.4, -0.2) is 28.7 Å². The van der Waals surface area contributed by atoms with Crippen LogP contribution >= 0.6 is 11.3 Å². The van der Waals surface area contributed by atoms with Crippen LogP contribution in [0.1, 0.15) is 47.2 Å². The summed E-state index contributed by atoms with van der Waals surface area (Å²) in [5.74, 6) is -0.0899. The molecule has 7 heteroatoms. The van der Waals surface area contributed by atoms with E-state index in [1.807, 2.05) is 17.5 Å². The van der Waals surface area contributed by atoms with E-state index in [-0.39, 0.29) is 24.8 Å². The summed E-state index contributed by atoms with van der Waals surface area (Å²) >= 11 is 1.30. The molecule has 1 aliphatic heterocycles. The molecule has 1 fully saturated rings. The number of hydrogen-bond donors (Lipinski definition) is 0. The van der Waals surface area contributed by atoms with E-state index in [2.05, 4.69) is 13.8 Å². The molecule has 0 saturated carbocycles. The van der Waals surface area contributed by atoms with Gasteiger partial charge in [0.2, 0.25) is 5.91 Å². The summed E-state index contributed by atoms with van der Waals surface area (Å²) in [5.41, 5.74) is 1.65. The van der Waals surface area contributed by atoms with Gasteiger partial charge >= 0.3 is 0 Å². The molecule has 0 aliphatic carbocycles. The van der Waals surface area contributed by atoms with Crippen molar-refractivity contribution in [3.05, 3.63) is 76.4 Å². The highest BCUT2D eigenvalue weighted by Gasteiger charge is 2.45. The maximum Gasteiger partial charge on any atom is 0.265 e. The van der Waals surface area contributed by atoms with Crippen molar-refractivity contribution in [2.75, 3.05) is 4.90 Å². The van der Waals surface area contributed by atoms with Crippen LogP contribution in [0, 0.1) is 0 Å². The molecule has 3 amide bonds. The Labute approximate surface area is 178 Å². The first-order valence-corrected chi connectivity index (χ1v) is 10.7. The highest BCUT2D eigenvalue weighted by Crippen LogP contribution is 2.29. The Hall–Kier alpha value is -3.19. The minimum atomic E-state index is -0.873. The minimum absolute atomic E-state index is 0.0530. The number of thiophene rings is 1. The number of anilines is 1. The SMILES string of the molecule is CC(C)c1ccc(N2C(=O)CC(N(Cc3ccco3)C(=O)c3cccs3)C2=O)cc1. The molecular weight excluding hydrogens is 400 g/mol. The lowest BCUT2D eigenvalue weighted by atomic mass is 10.0. The summed E-state index contributed by atoms with van der Waals surface area (Å²) < 4.78 is 5.40. The molecule has 4 rings (SSSR count). The van der Waals surface area contributed by atoms with E-state index in [1.54, 1.807) is 36.4 Å². The molecule has 1 saturated heterocycles. The summed E-state index contributed by atoms with van der Waals surface area (Å²) in [7, 11) is 0. The molecule has 1 aliphatic rings.